The summed E-state index contributed by atoms with van der Waals surface area (Å²) in [7, 11) is 0. The summed E-state index contributed by atoms with van der Waals surface area (Å²) in [6.45, 7) is 0. The summed E-state index contributed by atoms with van der Waals surface area (Å²) in [5.74, 6) is 0. The Bertz CT molecular complexity index is 342. The molecule has 0 bridgehead atoms. The van der Waals surface area contributed by atoms with Crippen LogP contribution < -0.4 is 0 Å². The van der Waals surface area contributed by atoms with E-state index in [0.29, 0.717) is 11.1 Å². The summed E-state index contributed by atoms with van der Waals surface area (Å²) < 4.78 is 0. The van der Waals surface area contributed by atoms with E-state index in [9.17, 15) is 0 Å². The highest BCUT2D eigenvalue weighted by molar-refractivity contribution is 5.33. The molecule has 0 saturated heterocycles. The minimum Gasteiger partial charge on any atom is -0.374 e. The van der Waals surface area contributed by atoms with Crippen molar-refractivity contribution in [2.24, 2.45) is 0 Å². The predicted octanol–water partition coefficient (Wildman–Crippen LogP) is 1.12. The first kappa shape index (κ1) is 8.26. The maximum absolute atomic E-state index is 9.05. The van der Waals surface area contributed by atoms with Gasteiger partial charge in [0.05, 0.1) is 17.7 Å². The quantitative estimate of drug-likeness (QED) is 0.622. The van der Waals surface area contributed by atoms with Crippen molar-refractivity contribution in [3.05, 3.63) is 35.4 Å². The predicted molar refractivity (Wildman–Crippen MR) is 41.7 cm³/mol. The van der Waals surface area contributed by atoms with Gasteiger partial charge < -0.3 is 5.11 Å². The Morgan fingerprint density at radius 1 is 1.17 bits per heavy atom. The van der Waals surface area contributed by atoms with Gasteiger partial charge in [0.2, 0.25) is 0 Å². The Balaban J connectivity index is 2.96. The largest absolute Gasteiger partial charge is 0.374 e. The van der Waals surface area contributed by atoms with Gasteiger partial charge in [0.15, 0.2) is 6.10 Å². The van der Waals surface area contributed by atoms with E-state index in [4.69, 9.17) is 15.6 Å². The summed E-state index contributed by atoms with van der Waals surface area (Å²) in [6.07, 6.45) is -1.10. The summed E-state index contributed by atoms with van der Waals surface area (Å²) in [6, 6.07) is 9.89. The van der Waals surface area contributed by atoms with Crippen LogP contribution in [-0.2, 0) is 0 Å². The molecule has 1 atom stereocenters. The molecule has 3 nitrogen and oxygen atoms in total. The Morgan fingerprint density at radius 2 is 1.75 bits per heavy atom. The fourth-order valence-electron chi connectivity index (χ4n) is 0.814. The van der Waals surface area contributed by atoms with E-state index in [-0.39, 0.29) is 0 Å². The Hall–Kier alpha value is -1.84. The van der Waals surface area contributed by atoms with Gasteiger partial charge >= 0.3 is 0 Å². The van der Waals surface area contributed by atoms with Crippen LogP contribution in [0.1, 0.15) is 17.2 Å². The molecule has 0 aromatic heterocycles. The molecule has 0 fully saturated rings. The minimum atomic E-state index is -1.10. The number of nitrogens with zero attached hydrogens (tertiary/aromatic N) is 2. The maximum Gasteiger partial charge on any atom is 0.165 e. The van der Waals surface area contributed by atoms with Crippen molar-refractivity contribution in [3.63, 3.8) is 0 Å². The van der Waals surface area contributed by atoms with E-state index in [1.165, 1.54) is 0 Å². The van der Waals surface area contributed by atoms with E-state index in [1.54, 1.807) is 30.3 Å². The second kappa shape index (κ2) is 3.52. The normalized spacial score (nSPS) is 11.2. The lowest BCUT2D eigenvalue weighted by atomic mass is 10.1. The third kappa shape index (κ3) is 1.60. The molecule has 1 rings (SSSR count). The van der Waals surface area contributed by atoms with Crippen LogP contribution in [0.4, 0.5) is 0 Å². The van der Waals surface area contributed by atoms with Crippen molar-refractivity contribution in [1.29, 1.82) is 10.5 Å². The topological polar surface area (TPSA) is 67.8 Å². The Kier molecular flexibility index (Phi) is 2.42. The third-order valence-electron chi connectivity index (χ3n) is 1.48. The van der Waals surface area contributed by atoms with E-state index >= 15 is 0 Å². The second-order valence-electron chi connectivity index (χ2n) is 2.27. The van der Waals surface area contributed by atoms with Crippen molar-refractivity contribution < 1.29 is 5.11 Å². The molecule has 0 radical (unpaired) electrons. The maximum atomic E-state index is 9.05. The van der Waals surface area contributed by atoms with Gasteiger partial charge in [-0.25, -0.2) is 0 Å². The molecule has 0 aliphatic heterocycles. The molecule has 1 aromatic rings. The molecule has 1 N–H and O–H groups in total. The first-order valence-corrected chi connectivity index (χ1v) is 3.35. The van der Waals surface area contributed by atoms with Crippen LogP contribution in [-0.4, -0.2) is 5.11 Å². The fraction of sp³-hybridized carbons (Fsp3) is 0.111. The molecular formula is C9H6N2O. The number of aliphatic hydroxyl groups is 1. The SMILES string of the molecule is N#Cc1ccc([C@H](O)C#N)cc1. The molecule has 12 heavy (non-hydrogen) atoms. The van der Waals surface area contributed by atoms with Crippen molar-refractivity contribution in [3.8, 4) is 12.1 Å². The van der Waals surface area contributed by atoms with Crippen molar-refractivity contribution in [2.45, 2.75) is 6.10 Å². The smallest absolute Gasteiger partial charge is 0.165 e. The van der Waals surface area contributed by atoms with E-state index in [0.717, 1.165) is 0 Å². The highest BCUT2D eigenvalue weighted by atomic mass is 16.3. The van der Waals surface area contributed by atoms with Crippen LogP contribution in [0, 0.1) is 22.7 Å². The van der Waals surface area contributed by atoms with Crippen LogP contribution in [0.15, 0.2) is 24.3 Å². The van der Waals surface area contributed by atoms with Gasteiger partial charge in [-0.1, -0.05) is 12.1 Å². The van der Waals surface area contributed by atoms with Crippen molar-refractivity contribution in [1.82, 2.24) is 0 Å². The Morgan fingerprint density at radius 3 is 2.17 bits per heavy atom. The van der Waals surface area contributed by atoms with Gasteiger partial charge in [0.25, 0.3) is 0 Å². The minimum absolute atomic E-state index is 0.511. The number of benzene rings is 1. The van der Waals surface area contributed by atoms with Gasteiger partial charge in [0, 0.05) is 0 Å². The van der Waals surface area contributed by atoms with Gasteiger partial charge in [-0.3, -0.25) is 0 Å². The second-order valence-corrected chi connectivity index (χ2v) is 2.27. The van der Waals surface area contributed by atoms with Crippen molar-refractivity contribution in [2.75, 3.05) is 0 Å². The molecule has 0 saturated carbocycles. The lowest BCUT2D eigenvalue weighted by Crippen LogP contribution is -1.92. The van der Waals surface area contributed by atoms with E-state index in [2.05, 4.69) is 0 Å². The molecular weight excluding hydrogens is 152 g/mol. The Labute approximate surface area is 70.1 Å². The zero-order valence-electron chi connectivity index (χ0n) is 6.23. The third-order valence-corrected chi connectivity index (χ3v) is 1.48. The average molecular weight is 158 g/mol. The standard InChI is InChI=1S/C9H6N2O/c10-5-7-1-3-8(4-2-7)9(12)6-11/h1-4,9,12H/t9-/m1/s1. The lowest BCUT2D eigenvalue weighted by molar-refractivity contribution is 0.236. The first-order chi connectivity index (χ1) is 5.77. The summed E-state index contributed by atoms with van der Waals surface area (Å²) >= 11 is 0. The van der Waals surface area contributed by atoms with Crippen LogP contribution in [0.25, 0.3) is 0 Å². The van der Waals surface area contributed by atoms with Crippen LogP contribution >= 0.6 is 0 Å². The lowest BCUT2D eigenvalue weighted by Gasteiger charge is -1.99. The number of rotatable bonds is 1. The molecule has 0 aliphatic rings. The monoisotopic (exact) mass is 158 g/mol. The molecule has 0 aliphatic carbocycles. The van der Waals surface area contributed by atoms with Gasteiger partial charge in [-0.05, 0) is 17.7 Å². The number of hydrogen-bond donors (Lipinski definition) is 1. The van der Waals surface area contributed by atoms with Gasteiger partial charge in [0.1, 0.15) is 0 Å². The van der Waals surface area contributed by atoms with Crippen LogP contribution in [0.3, 0.4) is 0 Å². The van der Waals surface area contributed by atoms with Gasteiger partial charge in [-0.2, -0.15) is 10.5 Å². The summed E-state index contributed by atoms with van der Waals surface area (Å²) in [5.41, 5.74) is 1.03. The molecule has 0 amide bonds. The summed E-state index contributed by atoms with van der Waals surface area (Å²) in [5, 5.41) is 25.8. The van der Waals surface area contributed by atoms with Gasteiger partial charge in [-0.15, -0.1) is 0 Å². The number of hydrogen-bond acceptors (Lipinski definition) is 3. The van der Waals surface area contributed by atoms with Crippen molar-refractivity contribution >= 4 is 0 Å². The molecule has 1 aromatic carbocycles. The molecule has 3 heteroatoms. The zero-order chi connectivity index (χ0) is 8.97. The average Bonchev–Trinajstić information content (AvgIpc) is 2.17. The molecule has 0 heterocycles. The first-order valence-electron chi connectivity index (χ1n) is 3.35. The zero-order valence-corrected chi connectivity index (χ0v) is 6.23. The van der Waals surface area contributed by atoms with Crippen LogP contribution in [0.5, 0.6) is 0 Å². The molecule has 0 spiro atoms. The van der Waals surface area contributed by atoms with E-state index in [1.807, 2.05) is 6.07 Å². The molecule has 58 valence electrons. The highest BCUT2D eigenvalue weighted by Gasteiger charge is 2.03. The number of nitriles is 2. The summed E-state index contributed by atoms with van der Waals surface area (Å²) in [4.78, 5) is 0. The highest BCUT2D eigenvalue weighted by Crippen LogP contribution is 2.11. The van der Waals surface area contributed by atoms with Crippen LogP contribution in [0.2, 0.25) is 0 Å². The van der Waals surface area contributed by atoms with E-state index < -0.39 is 6.10 Å². The number of aliphatic hydroxyl groups excluding tert-OH is 1. The molecule has 0 unspecified atom stereocenters. The fourth-order valence-corrected chi connectivity index (χ4v) is 0.814.